The van der Waals surface area contributed by atoms with Crippen LogP contribution in [0.5, 0.6) is 0 Å². The highest BCUT2D eigenvalue weighted by atomic mass is 79.9. The normalized spacial score (nSPS) is 10.1. The van der Waals surface area contributed by atoms with Gasteiger partial charge in [0.05, 0.1) is 17.4 Å². The first-order valence-electron chi connectivity index (χ1n) is 4.35. The van der Waals surface area contributed by atoms with E-state index >= 15 is 0 Å². The molecule has 0 saturated carbocycles. The molecule has 0 aliphatic heterocycles. The predicted octanol–water partition coefficient (Wildman–Crippen LogP) is 2.01. The van der Waals surface area contributed by atoms with E-state index < -0.39 is 5.97 Å². The van der Waals surface area contributed by atoms with Crippen LogP contribution >= 0.6 is 27.3 Å². The maximum atomic E-state index is 10.5. The minimum Gasteiger partial charge on any atom is -0.543 e. The van der Waals surface area contributed by atoms with Crippen LogP contribution in [0.25, 0.3) is 0 Å². The van der Waals surface area contributed by atoms with E-state index in [4.69, 9.17) is 0 Å². The lowest BCUT2D eigenvalue weighted by Gasteiger charge is -2.04. The van der Waals surface area contributed by atoms with Gasteiger partial charge in [0.2, 0.25) is 0 Å². The molecule has 1 aromatic heterocycles. The zero-order valence-electron chi connectivity index (χ0n) is 7.94. The minimum absolute atomic E-state index is 0.0560. The standard InChI is InChI=1S/C10H7BrN2O2S/c11-6-3-1-2-4-7(6)12-10-13-8(5-16-10)9(14)15/h1-5H,(H,12,13)(H,14,15)/p-1. The number of nitrogens with zero attached hydrogens (tertiary/aromatic N) is 1. The molecule has 0 radical (unpaired) electrons. The number of hydrogen-bond acceptors (Lipinski definition) is 5. The molecule has 0 unspecified atom stereocenters. The second-order valence-corrected chi connectivity index (χ2v) is 4.64. The average Bonchev–Trinajstić information content (AvgIpc) is 2.70. The molecule has 82 valence electrons. The number of carboxylic acid groups (broad SMARTS) is 1. The van der Waals surface area contributed by atoms with E-state index in [1.165, 1.54) is 16.7 Å². The smallest absolute Gasteiger partial charge is 0.187 e. The Bertz CT molecular complexity index is 527. The summed E-state index contributed by atoms with van der Waals surface area (Å²) < 4.78 is 0.889. The summed E-state index contributed by atoms with van der Waals surface area (Å²) in [6, 6.07) is 7.52. The number of anilines is 2. The molecule has 0 fully saturated rings. The van der Waals surface area contributed by atoms with Crippen molar-refractivity contribution in [2.24, 2.45) is 0 Å². The number of carbonyl (C=O) groups is 1. The molecule has 0 spiro atoms. The van der Waals surface area contributed by atoms with Crippen molar-refractivity contribution in [2.75, 3.05) is 5.32 Å². The van der Waals surface area contributed by atoms with E-state index in [1.807, 2.05) is 24.3 Å². The van der Waals surface area contributed by atoms with Crippen LogP contribution in [0.3, 0.4) is 0 Å². The van der Waals surface area contributed by atoms with Gasteiger partial charge in [0.15, 0.2) is 5.13 Å². The summed E-state index contributed by atoms with van der Waals surface area (Å²) in [6.45, 7) is 0. The Balaban J connectivity index is 2.21. The molecule has 1 heterocycles. The number of carboxylic acids is 1. The zero-order valence-corrected chi connectivity index (χ0v) is 10.3. The van der Waals surface area contributed by atoms with Crippen LogP contribution in [0.15, 0.2) is 34.1 Å². The van der Waals surface area contributed by atoms with Crippen LogP contribution in [0.1, 0.15) is 10.5 Å². The van der Waals surface area contributed by atoms with Gasteiger partial charge in [0.1, 0.15) is 0 Å². The maximum absolute atomic E-state index is 10.5. The SMILES string of the molecule is O=C([O-])c1csc(Nc2ccccc2Br)n1. The largest absolute Gasteiger partial charge is 0.543 e. The number of carbonyl (C=O) groups excluding carboxylic acids is 1. The van der Waals surface area contributed by atoms with Gasteiger partial charge < -0.3 is 15.2 Å². The molecule has 0 saturated heterocycles. The van der Waals surface area contributed by atoms with Gasteiger partial charge in [0.25, 0.3) is 0 Å². The van der Waals surface area contributed by atoms with Crippen molar-refractivity contribution in [3.63, 3.8) is 0 Å². The molecule has 2 aromatic rings. The van der Waals surface area contributed by atoms with E-state index in [9.17, 15) is 9.90 Å². The molecule has 6 heteroatoms. The first-order valence-corrected chi connectivity index (χ1v) is 6.02. The number of aromatic nitrogens is 1. The summed E-state index contributed by atoms with van der Waals surface area (Å²) >= 11 is 4.59. The molecule has 1 aromatic carbocycles. The molecule has 16 heavy (non-hydrogen) atoms. The molecule has 1 N–H and O–H groups in total. The quantitative estimate of drug-likeness (QED) is 0.941. The Hall–Kier alpha value is -1.40. The fourth-order valence-corrected chi connectivity index (χ4v) is 2.18. The van der Waals surface area contributed by atoms with Crippen LogP contribution in [-0.4, -0.2) is 11.0 Å². The number of para-hydroxylation sites is 1. The van der Waals surface area contributed by atoms with Crippen LogP contribution in [-0.2, 0) is 0 Å². The van der Waals surface area contributed by atoms with Gasteiger partial charge in [-0.1, -0.05) is 12.1 Å². The number of benzene rings is 1. The highest BCUT2D eigenvalue weighted by Crippen LogP contribution is 2.26. The molecule has 0 aliphatic rings. The van der Waals surface area contributed by atoms with Crippen LogP contribution < -0.4 is 10.4 Å². The van der Waals surface area contributed by atoms with Crippen LogP contribution in [0.2, 0.25) is 0 Å². The van der Waals surface area contributed by atoms with Crippen molar-refractivity contribution in [1.82, 2.24) is 4.98 Å². The average molecular weight is 298 g/mol. The lowest BCUT2D eigenvalue weighted by molar-refractivity contribution is -0.255. The lowest BCUT2D eigenvalue weighted by atomic mass is 10.3. The Kier molecular flexibility index (Phi) is 3.21. The number of halogens is 1. The summed E-state index contributed by atoms with van der Waals surface area (Å²) in [5.41, 5.74) is 0.779. The third kappa shape index (κ3) is 2.40. The summed E-state index contributed by atoms with van der Waals surface area (Å²) in [6.07, 6.45) is 0. The monoisotopic (exact) mass is 297 g/mol. The van der Waals surface area contributed by atoms with Crippen LogP contribution in [0.4, 0.5) is 10.8 Å². The van der Waals surface area contributed by atoms with Crippen molar-refractivity contribution in [3.05, 3.63) is 39.8 Å². The highest BCUT2D eigenvalue weighted by molar-refractivity contribution is 9.10. The van der Waals surface area contributed by atoms with Gasteiger partial charge in [-0.2, -0.15) is 0 Å². The van der Waals surface area contributed by atoms with Gasteiger partial charge in [-0.3, -0.25) is 0 Å². The van der Waals surface area contributed by atoms with Gasteiger partial charge in [0, 0.05) is 9.85 Å². The van der Waals surface area contributed by atoms with Crippen molar-refractivity contribution in [2.45, 2.75) is 0 Å². The summed E-state index contributed by atoms with van der Waals surface area (Å²) in [5, 5.41) is 15.5. The number of hydrogen-bond donors (Lipinski definition) is 1. The minimum atomic E-state index is -1.27. The second-order valence-electron chi connectivity index (χ2n) is 2.93. The molecule has 0 atom stereocenters. The van der Waals surface area contributed by atoms with Gasteiger partial charge in [-0.05, 0) is 28.1 Å². The first-order chi connectivity index (χ1) is 7.66. The Labute approximate surface area is 104 Å². The number of nitrogens with one attached hydrogen (secondary N) is 1. The molecule has 0 aliphatic carbocycles. The third-order valence-corrected chi connectivity index (χ3v) is 3.28. The Morgan fingerprint density at radius 3 is 2.81 bits per heavy atom. The van der Waals surface area contributed by atoms with E-state index in [1.54, 1.807) is 0 Å². The molecular formula is C10H6BrN2O2S-. The summed E-state index contributed by atoms with van der Waals surface area (Å²) in [5.74, 6) is -1.27. The van der Waals surface area contributed by atoms with E-state index in [0.29, 0.717) is 5.13 Å². The fraction of sp³-hybridized carbons (Fsp3) is 0. The number of rotatable bonds is 3. The molecule has 4 nitrogen and oxygen atoms in total. The lowest BCUT2D eigenvalue weighted by Crippen LogP contribution is -2.22. The van der Waals surface area contributed by atoms with Crippen molar-refractivity contribution in [1.29, 1.82) is 0 Å². The predicted molar refractivity (Wildman–Crippen MR) is 63.9 cm³/mol. The second kappa shape index (κ2) is 4.63. The Morgan fingerprint density at radius 1 is 1.44 bits per heavy atom. The number of thiazole rings is 1. The molecule has 0 amide bonds. The van der Waals surface area contributed by atoms with E-state index in [0.717, 1.165) is 10.2 Å². The Morgan fingerprint density at radius 2 is 2.19 bits per heavy atom. The van der Waals surface area contributed by atoms with Gasteiger partial charge in [-0.25, -0.2) is 4.98 Å². The molecule has 0 bridgehead atoms. The molecular weight excluding hydrogens is 292 g/mol. The van der Waals surface area contributed by atoms with Crippen molar-refractivity contribution >= 4 is 44.1 Å². The van der Waals surface area contributed by atoms with Gasteiger partial charge in [-0.15, -0.1) is 11.3 Å². The summed E-state index contributed by atoms with van der Waals surface area (Å²) in [4.78, 5) is 14.4. The van der Waals surface area contributed by atoms with Crippen LogP contribution in [0, 0.1) is 0 Å². The summed E-state index contributed by atoms with van der Waals surface area (Å²) in [7, 11) is 0. The zero-order chi connectivity index (χ0) is 11.5. The first kappa shape index (κ1) is 11.1. The van der Waals surface area contributed by atoms with Crippen molar-refractivity contribution in [3.8, 4) is 0 Å². The van der Waals surface area contributed by atoms with Gasteiger partial charge >= 0.3 is 0 Å². The highest BCUT2D eigenvalue weighted by Gasteiger charge is 2.04. The maximum Gasteiger partial charge on any atom is 0.187 e. The third-order valence-electron chi connectivity index (χ3n) is 1.83. The molecule has 2 rings (SSSR count). The van der Waals surface area contributed by atoms with E-state index in [2.05, 4.69) is 26.2 Å². The van der Waals surface area contributed by atoms with E-state index in [-0.39, 0.29) is 5.69 Å². The topological polar surface area (TPSA) is 65.0 Å². The number of aromatic carboxylic acids is 1. The van der Waals surface area contributed by atoms with Crippen molar-refractivity contribution < 1.29 is 9.90 Å². The fourth-order valence-electron chi connectivity index (χ4n) is 1.10.